The highest BCUT2D eigenvalue weighted by atomic mass is 79.9. The maximum atomic E-state index is 12.7. The molecule has 2 aromatic carbocycles. The van der Waals surface area contributed by atoms with Crippen molar-refractivity contribution in [2.75, 3.05) is 0 Å². The lowest BCUT2D eigenvalue weighted by atomic mass is 10.1. The number of carbonyl (C=O) groups excluding carboxylic acids is 1. The van der Waals surface area contributed by atoms with Crippen molar-refractivity contribution in [3.8, 4) is 0 Å². The van der Waals surface area contributed by atoms with Gasteiger partial charge in [-0.15, -0.1) is 0 Å². The number of halogens is 4. The Balaban J connectivity index is 0.00000180. The lowest BCUT2D eigenvalue weighted by molar-refractivity contribution is -0.00100. The van der Waals surface area contributed by atoms with E-state index in [1.807, 2.05) is 0 Å². The molecule has 0 aromatic heterocycles. The van der Waals surface area contributed by atoms with Crippen LogP contribution in [-0.2, 0) is 0 Å². The summed E-state index contributed by atoms with van der Waals surface area (Å²) in [5.41, 5.74) is 1.14. The number of carbonyl (C=O) groups is 1. The molecule has 0 fully saturated rings. The maximum Gasteiger partial charge on any atom is 0.185 e. The minimum Gasteiger partial charge on any atom is -1.00 e. The Kier molecular flexibility index (Phi) is 8.18. The molecule has 0 radical (unpaired) electrons. The highest BCUT2D eigenvalue weighted by Gasteiger charge is 2.01. The summed E-state index contributed by atoms with van der Waals surface area (Å²) in [6.07, 6.45) is 2.96. The summed E-state index contributed by atoms with van der Waals surface area (Å²) >= 11 is 0. The van der Waals surface area contributed by atoms with Crippen LogP contribution in [0.4, 0.5) is 8.78 Å². The Labute approximate surface area is 136 Å². The van der Waals surface area contributed by atoms with Gasteiger partial charge in [0.25, 0.3) is 0 Å². The monoisotopic (exact) mass is 402 g/mol. The van der Waals surface area contributed by atoms with Gasteiger partial charge in [0.05, 0.1) is 0 Å². The van der Waals surface area contributed by atoms with Gasteiger partial charge >= 0.3 is 0 Å². The van der Waals surface area contributed by atoms with Gasteiger partial charge in [-0.25, -0.2) is 8.78 Å². The van der Waals surface area contributed by atoms with Crippen LogP contribution in [0.25, 0.3) is 6.08 Å². The first-order valence-corrected chi connectivity index (χ1v) is 5.39. The Morgan fingerprint density at radius 1 is 0.800 bits per heavy atom. The summed E-state index contributed by atoms with van der Waals surface area (Å²) in [5.74, 6) is -0.926. The Morgan fingerprint density at radius 3 is 1.75 bits per heavy atom. The number of allylic oxidation sites excluding steroid dienone is 1. The average Bonchev–Trinajstić information content (AvgIpc) is 2.38. The maximum absolute atomic E-state index is 12.7. The molecular weight excluding hydrogens is 394 g/mol. The molecule has 0 N–H and O–H groups in total. The number of hydrogen-bond acceptors (Lipinski definition) is 1. The number of ketones is 1. The van der Waals surface area contributed by atoms with Gasteiger partial charge in [0.1, 0.15) is 11.6 Å². The van der Waals surface area contributed by atoms with E-state index in [0.717, 1.165) is 5.56 Å². The van der Waals surface area contributed by atoms with E-state index in [9.17, 15) is 13.6 Å². The van der Waals surface area contributed by atoms with E-state index in [1.165, 1.54) is 42.5 Å². The Bertz CT molecular complexity index is 578. The first kappa shape index (κ1) is 18.7. The summed E-state index contributed by atoms with van der Waals surface area (Å²) in [4.78, 5) is 11.7. The molecule has 0 aliphatic rings. The molecule has 0 unspecified atom stereocenters. The largest absolute Gasteiger partial charge is 1.00 e. The molecule has 0 bridgehead atoms. The van der Waals surface area contributed by atoms with Gasteiger partial charge in [0.15, 0.2) is 5.78 Å². The minimum absolute atomic E-state index is 0. The zero-order valence-electron chi connectivity index (χ0n) is 10.2. The molecule has 20 heavy (non-hydrogen) atoms. The van der Waals surface area contributed by atoms with Crippen LogP contribution in [0.15, 0.2) is 54.6 Å². The van der Waals surface area contributed by atoms with Crippen LogP contribution >= 0.6 is 0 Å². The second-order valence-corrected chi connectivity index (χ2v) is 3.76. The quantitative estimate of drug-likeness (QED) is 0.422. The predicted octanol–water partition coefficient (Wildman–Crippen LogP) is -2.13. The summed E-state index contributed by atoms with van der Waals surface area (Å²) in [5, 5.41) is 0. The third-order valence-corrected chi connectivity index (χ3v) is 2.43. The predicted molar refractivity (Wildman–Crippen MR) is 66.2 cm³/mol. The van der Waals surface area contributed by atoms with E-state index in [1.54, 1.807) is 18.2 Å². The molecular formula is C15H10Br2F2O-2. The van der Waals surface area contributed by atoms with E-state index in [4.69, 9.17) is 0 Å². The van der Waals surface area contributed by atoms with Crippen LogP contribution in [0.5, 0.6) is 0 Å². The second-order valence-electron chi connectivity index (χ2n) is 3.76. The molecule has 0 aliphatic carbocycles. The average molecular weight is 404 g/mol. The topological polar surface area (TPSA) is 17.1 Å². The zero-order valence-corrected chi connectivity index (χ0v) is 13.4. The molecule has 0 spiro atoms. The van der Waals surface area contributed by atoms with Crippen LogP contribution < -0.4 is 34.0 Å². The van der Waals surface area contributed by atoms with Gasteiger partial charge in [-0.1, -0.05) is 18.2 Å². The third-order valence-electron chi connectivity index (χ3n) is 2.43. The van der Waals surface area contributed by atoms with Gasteiger partial charge in [0.2, 0.25) is 0 Å². The molecule has 0 aliphatic heterocycles. The fourth-order valence-corrected chi connectivity index (χ4v) is 1.46. The van der Waals surface area contributed by atoms with Crippen molar-refractivity contribution >= 4 is 11.9 Å². The summed E-state index contributed by atoms with van der Waals surface area (Å²) < 4.78 is 25.3. The van der Waals surface area contributed by atoms with Crippen molar-refractivity contribution in [3.63, 3.8) is 0 Å². The van der Waals surface area contributed by atoms with Crippen molar-refractivity contribution in [1.29, 1.82) is 0 Å². The van der Waals surface area contributed by atoms with Crippen LogP contribution in [0.2, 0.25) is 0 Å². The molecule has 0 saturated carbocycles. The molecule has 0 amide bonds. The SMILES string of the molecule is O=C(C=Cc1ccc(F)cc1)c1ccc(F)cc1.[Br-].[Br-]. The summed E-state index contributed by atoms with van der Waals surface area (Å²) in [6, 6.07) is 11.1. The van der Waals surface area contributed by atoms with Crippen molar-refractivity contribution in [3.05, 3.63) is 77.4 Å². The fraction of sp³-hybridized carbons (Fsp3) is 0. The lowest BCUT2D eigenvalue weighted by Gasteiger charge is -1.96. The molecule has 106 valence electrons. The van der Waals surface area contributed by atoms with E-state index >= 15 is 0 Å². The molecule has 1 nitrogen and oxygen atoms in total. The third kappa shape index (κ3) is 5.35. The molecule has 2 aromatic rings. The first-order chi connectivity index (χ1) is 8.65. The van der Waals surface area contributed by atoms with E-state index < -0.39 is 0 Å². The molecule has 0 heterocycles. The van der Waals surface area contributed by atoms with Gasteiger partial charge in [-0.3, -0.25) is 4.79 Å². The van der Waals surface area contributed by atoms with Crippen molar-refractivity contribution in [2.24, 2.45) is 0 Å². The Morgan fingerprint density at radius 2 is 1.25 bits per heavy atom. The highest BCUT2D eigenvalue weighted by molar-refractivity contribution is 6.06. The summed E-state index contributed by atoms with van der Waals surface area (Å²) in [7, 11) is 0. The van der Waals surface area contributed by atoms with Gasteiger partial charge in [-0.2, -0.15) is 0 Å². The Hall–Kier alpha value is -1.33. The number of benzene rings is 2. The van der Waals surface area contributed by atoms with Crippen LogP contribution in [0.1, 0.15) is 15.9 Å². The highest BCUT2D eigenvalue weighted by Crippen LogP contribution is 2.08. The minimum atomic E-state index is -0.380. The number of rotatable bonds is 3. The molecule has 0 saturated heterocycles. The van der Waals surface area contributed by atoms with Gasteiger partial charge < -0.3 is 34.0 Å². The second kappa shape index (κ2) is 8.76. The molecule has 2 rings (SSSR count). The van der Waals surface area contributed by atoms with E-state index in [-0.39, 0.29) is 51.4 Å². The smallest absolute Gasteiger partial charge is 0.185 e. The lowest BCUT2D eigenvalue weighted by Crippen LogP contribution is -3.00. The number of hydrogen-bond donors (Lipinski definition) is 0. The van der Waals surface area contributed by atoms with E-state index in [0.29, 0.717) is 5.56 Å². The first-order valence-electron chi connectivity index (χ1n) is 5.39. The fourth-order valence-electron chi connectivity index (χ4n) is 1.46. The molecule has 5 heteroatoms. The van der Waals surface area contributed by atoms with Gasteiger partial charge in [-0.05, 0) is 48.0 Å². The standard InChI is InChI=1S/C15H10F2O.2BrH/c16-13-6-1-11(2-7-13)3-10-15(18)12-4-8-14(17)9-5-12;;/h1-10H;2*1H/p-2. The van der Waals surface area contributed by atoms with Crippen LogP contribution in [-0.4, -0.2) is 5.78 Å². The van der Waals surface area contributed by atoms with Crippen molar-refractivity contribution < 1.29 is 47.5 Å². The van der Waals surface area contributed by atoms with Crippen molar-refractivity contribution in [2.45, 2.75) is 0 Å². The normalized spacial score (nSPS) is 9.70. The van der Waals surface area contributed by atoms with Crippen molar-refractivity contribution in [1.82, 2.24) is 0 Å². The zero-order chi connectivity index (χ0) is 13.0. The summed E-state index contributed by atoms with van der Waals surface area (Å²) in [6.45, 7) is 0. The molecule has 0 atom stereocenters. The van der Waals surface area contributed by atoms with Crippen LogP contribution in [0, 0.1) is 11.6 Å². The van der Waals surface area contributed by atoms with Gasteiger partial charge in [0, 0.05) is 5.56 Å². The van der Waals surface area contributed by atoms with E-state index in [2.05, 4.69) is 0 Å². The van der Waals surface area contributed by atoms with Crippen LogP contribution in [0.3, 0.4) is 0 Å².